The molecule has 0 atom stereocenters. The van der Waals surface area contributed by atoms with Crippen LogP contribution in [0.15, 0.2) is 48.2 Å². The van der Waals surface area contributed by atoms with E-state index in [0.717, 1.165) is 43.5 Å². The summed E-state index contributed by atoms with van der Waals surface area (Å²) in [4.78, 5) is 15.3. The number of piperidine rings is 1. The van der Waals surface area contributed by atoms with E-state index in [4.69, 9.17) is 16.3 Å². The van der Waals surface area contributed by atoms with Crippen LogP contribution in [0.2, 0.25) is 5.02 Å². The Labute approximate surface area is 175 Å². The number of halogens is 1. The summed E-state index contributed by atoms with van der Waals surface area (Å²) in [6, 6.07) is 9.08. The molecule has 1 aliphatic carbocycles. The number of carbonyl (C=O) groups excluding carboxylic acids is 1. The van der Waals surface area contributed by atoms with E-state index in [9.17, 15) is 9.90 Å². The predicted molar refractivity (Wildman–Crippen MR) is 113 cm³/mol. The number of benzene rings is 2. The second kappa shape index (κ2) is 7.36. The number of fused-ring (bicyclic) bond motifs is 2. The smallest absolute Gasteiger partial charge is 0.231 e. The van der Waals surface area contributed by atoms with Crippen LogP contribution < -0.4 is 4.74 Å². The van der Waals surface area contributed by atoms with E-state index >= 15 is 0 Å². The van der Waals surface area contributed by atoms with Crippen molar-refractivity contribution in [3.63, 3.8) is 0 Å². The molecule has 1 N–H and O–H groups in total. The summed E-state index contributed by atoms with van der Waals surface area (Å²) in [6.45, 7) is 2.60. The Bertz CT molecular complexity index is 1060. The molecule has 3 aliphatic rings. The molecule has 1 saturated heterocycles. The molecule has 29 heavy (non-hydrogen) atoms. The Morgan fingerprint density at radius 1 is 1.10 bits per heavy atom. The van der Waals surface area contributed by atoms with E-state index in [2.05, 4.69) is 11.0 Å². The number of phenols is 1. The van der Waals surface area contributed by atoms with Crippen LogP contribution in [0.25, 0.3) is 5.57 Å². The van der Waals surface area contributed by atoms with Crippen LogP contribution in [0.1, 0.15) is 46.3 Å². The summed E-state index contributed by atoms with van der Waals surface area (Å²) in [5.74, 6) is 0.832. The number of ketones is 1. The average Bonchev–Trinajstić information content (AvgIpc) is 3.26. The number of rotatable bonds is 3. The minimum absolute atomic E-state index is 0.142. The first-order chi connectivity index (χ1) is 14.1. The number of aromatic hydroxyl groups is 1. The minimum atomic E-state index is -0.142. The zero-order valence-electron chi connectivity index (χ0n) is 16.1. The molecule has 0 radical (unpaired) electrons. The van der Waals surface area contributed by atoms with Crippen molar-refractivity contribution in [2.24, 2.45) is 0 Å². The van der Waals surface area contributed by atoms with E-state index in [1.54, 1.807) is 18.2 Å². The molecule has 1 fully saturated rings. The van der Waals surface area contributed by atoms with Crippen LogP contribution in [-0.4, -0.2) is 28.9 Å². The highest BCUT2D eigenvalue weighted by molar-refractivity contribution is 6.30. The number of nitrogens with zero attached hydrogens (tertiary/aromatic N) is 1. The highest BCUT2D eigenvalue weighted by atomic mass is 35.5. The standard InChI is InChI=1S/C24H22ClNO3/c25-17-7-6-15-4-5-16(19(15)13-17)12-22-23(28)18-8-9-21(27)20(24(18)29-22)14-26-10-2-1-3-11-26/h5-9,12-13,27H,1-4,10-11,14H2/b22-12-. The lowest BCUT2D eigenvalue weighted by molar-refractivity contribution is 0.101. The summed E-state index contributed by atoms with van der Waals surface area (Å²) in [7, 11) is 0. The maximum atomic E-state index is 13.0. The highest BCUT2D eigenvalue weighted by Crippen LogP contribution is 2.41. The monoisotopic (exact) mass is 407 g/mol. The van der Waals surface area contributed by atoms with Gasteiger partial charge in [0.1, 0.15) is 11.5 Å². The number of likely N-dealkylation sites (tertiary alicyclic amines) is 1. The van der Waals surface area contributed by atoms with Crippen molar-refractivity contribution < 1.29 is 14.6 Å². The molecule has 0 spiro atoms. The molecule has 148 valence electrons. The van der Waals surface area contributed by atoms with Crippen molar-refractivity contribution in [2.75, 3.05) is 13.1 Å². The SMILES string of the molecule is O=C1/C(=C/C2=CCc3ccc(Cl)cc32)Oc2c1ccc(O)c2CN1CCCCC1. The summed E-state index contributed by atoms with van der Waals surface area (Å²) in [5.41, 5.74) is 4.39. The lowest BCUT2D eigenvalue weighted by Gasteiger charge is -2.27. The van der Waals surface area contributed by atoms with Crippen LogP contribution in [0.5, 0.6) is 11.5 Å². The number of hydrogen-bond donors (Lipinski definition) is 1. The van der Waals surface area contributed by atoms with Gasteiger partial charge >= 0.3 is 0 Å². The van der Waals surface area contributed by atoms with Gasteiger partial charge in [0, 0.05) is 11.6 Å². The Kier molecular flexibility index (Phi) is 4.69. The number of carbonyl (C=O) groups is 1. The van der Waals surface area contributed by atoms with Gasteiger partial charge in [-0.3, -0.25) is 9.69 Å². The fraction of sp³-hybridized carbons (Fsp3) is 0.292. The van der Waals surface area contributed by atoms with Gasteiger partial charge < -0.3 is 9.84 Å². The van der Waals surface area contributed by atoms with Crippen LogP contribution >= 0.6 is 11.6 Å². The van der Waals surface area contributed by atoms with Crippen molar-refractivity contribution >= 4 is 23.0 Å². The van der Waals surface area contributed by atoms with Gasteiger partial charge in [0.25, 0.3) is 0 Å². The fourth-order valence-corrected chi connectivity index (χ4v) is 4.57. The molecule has 2 heterocycles. The van der Waals surface area contributed by atoms with E-state index in [1.807, 2.05) is 18.2 Å². The first kappa shape index (κ1) is 18.5. The number of phenolic OH excluding ortho intramolecular Hbond substituents is 1. The van der Waals surface area contributed by atoms with Crippen molar-refractivity contribution in [1.29, 1.82) is 0 Å². The number of Topliss-reactive ketones (excluding diaryl/α,β-unsaturated/α-hetero) is 1. The molecule has 2 aromatic carbocycles. The van der Waals surface area contributed by atoms with E-state index < -0.39 is 0 Å². The molecular formula is C24H22ClNO3. The molecule has 0 amide bonds. The molecule has 2 aliphatic heterocycles. The molecule has 2 aromatic rings. The molecule has 0 aromatic heterocycles. The van der Waals surface area contributed by atoms with E-state index in [1.165, 1.54) is 12.0 Å². The van der Waals surface area contributed by atoms with E-state index in [-0.39, 0.29) is 11.5 Å². The van der Waals surface area contributed by atoms with Gasteiger partial charge in [0.05, 0.1) is 11.1 Å². The first-order valence-electron chi connectivity index (χ1n) is 10.1. The molecule has 5 rings (SSSR count). The van der Waals surface area contributed by atoms with Crippen LogP contribution in [0.3, 0.4) is 0 Å². The zero-order chi connectivity index (χ0) is 20.0. The van der Waals surface area contributed by atoms with Crippen molar-refractivity contribution in [3.8, 4) is 11.5 Å². The third kappa shape index (κ3) is 3.37. The third-order valence-corrected chi connectivity index (χ3v) is 6.19. The van der Waals surface area contributed by atoms with Gasteiger partial charge in [-0.25, -0.2) is 0 Å². The summed E-state index contributed by atoms with van der Waals surface area (Å²) < 4.78 is 6.03. The van der Waals surface area contributed by atoms with Gasteiger partial charge in [-0.15, -0.1) is 0 Å². The lowest BCUT2D eigenvalue weighted by Crippen LogP contribution is -2.29. The fourth-order valence-electron chi connectivity index (χ4n) is 4.39. The van der Waals surface area contributed by atoms with Gasteiger partial charge in [0.15, 0.2) is 5.76 Å². The van der Waals surface area contributed by atoms with Crippen molar-refractivity contribution in [2.45, 2.75) is 32.2 Å². The lowest BCUT2D eigenvalue weighted by atomic mass is 10.0. The predicted octanol–water partition coefficient (Wildman–Crippen LogP) is 5.13. The summed E-state index contributed by atoms with van der Waals surface area (Å²) in [5, 5.41) is 11.1. The van der Waals surface area contributed by atoms with Crippen molar-refractivity contribution in [1.82, 2.24) is 4.90 Å². The molecule has 0 saturated carbocycles. The second-order valence-corrected chi connectivity index (χ2v) is 8.32. The maximum Gasteiger partial charge on any atom is 0.231 e. The normalized spacial score (nSPS) is 19.8. The average molecular weight is 408 g/mol. The Morgan fingerprint density at radius 3 is 2.76 bits per heavy atom. The number of allylic oxidation sites excluding steroid dienone is 4. The molecule has 5 heteroatoms. The molecule has 4 nitrogen and oxygen atoms in total. The summed E-state index contributed by atoms with van der Waals surface area (Å²) in [6.07, 6.45) is 8.27. The van der Waals surface area contributed by atoms with Crippen molar-refractivity contribution in [3.05, 3.63) is 75.5 Å². The topological polar surface area (TPSA) is 49.8 Å². The largest absolute Gasteiger partial charge is 0.507 e. The number of hydrogen-bond acceptors (Lipinski definition) is 4. The van der Waals surface area contributed by atoms with Crippen LogP contribution in [0, 0.1) is 0 Å². The number of ether oxygens (including phenoxy) is 1. The Balaban J connectivity index is 1.46. The minimum Gasteiger partial charge on any atom is -0.507 e. The maximum absolute atomic E-state index is 13.0. The highest BCUT2D eigenvalue weighted by Gasteiger charge is 2.32. The Hall–Kier alpha value is -2.56. The quantitative estimate of drug-likeness (QED) is 0.716. The Morgan fingerprint density at radius 2 is 1.93 bits per heavy atom. The molecule has 0 unspecified atom stereocenters. The first-order valence-corrected chi connectivity index (χ1v) is 10.5. The van der Waals surface area contributed by atoms with E-state index in [0.29, 0.717) is 34.2 Å². The molecular weight excluding hydrogens is 386 g/mol. The molecule has 0 bridgehead atoms. The summed E-state index contributed by atoms with van der Waals surface area (Å²) >= 11 is 6.16. The van der Waals surface area contributed by atoms with Gasteiger partial charge in [-0.1, -0.05) is 30.2 Å². The van der Waals surface area contributed by atoms with Crippen LogP contribution in [-0.2, 0) is 13.0 Å². The van der Waals surface area contributed by atoms with Gasteiger partial charge in [-0.2, -0.15) is 0 Å². The second-order valence-electron chi connectivity index (χ2n) is 7.88. The third-order valence-electron chi connectivity index (χ3n) is 5.96. The van der Waals surface area contributed by atoms with Gasteiger partial charge in [-0.05, 0) is 79.4 Å². The van der Waals surface area contributed by atoms with Gasteiger partial charge in [0.2, 0.25) is 5.78 Å². The van der Waals surface area contributed by atoms with Crippen LogP contribution in [0.4, 0.5) is 0 Å². The zero-order valence-corrected chi connectivity index (χ0v) is 16.8.